The topological polar surface area (TPSA) is 3.24 Å². The van der Waals surface area contributed by atoms with Gasteiger partial charge in [0.25, 0.3) is 0 Å². The lowest BCUT2D eigenvalue weighted by Crippen LogP contribution is -2.21. The summed E-state index contributed by atoms with van der Waals surface area (Å²) in [6.45, 7) is 7.49. The van der Waals surface area contributed by atoms with Crippen molar-refractivity contribution >= 4 is 0 Å². The molecule has 2 unspecified atom stereocenters. The average Bonchev–Trinajstić information content (AvgIpc) is 2.27. The Morgan fingerprint density at radius 2 is 1.67 bits per heavy atom. The summed E-state index contributed by atoms with van der Waals surface area (Å²) >= 11 is 0. The summed E-state index contributed by atoms with van der Waals surface area (Å²) in [5.41, 5.74) is 0.701. The maximum absolute atomic E-state index is 2.45. The van der Waals surface area contributed by atoms with Crippen molar-refractivity contribution in [3.05, 3.63) is 0 Å². The van der Waals surface area contributed by atoms with Gasteiger partial charge in [0.15, 0.2) is 0 Å². The summed E-state index contributed by atoms with van der Waals surface area (Å²) in [7, 11) is 2.22. The molecule has 2 fully saturated rings. The van der Waals surface area contributed by atoms with Gasteiger partial charge in [0, 0.05) is 13.1 Å². The van der Waals surface area contributed by atoms with Gasteiger partial charge in [-0.3, -0.25) is 0 Å². The van der Waals surface area contributed by atoms with Crippen molar-refractivity contribution in [3.63, 3.8) is 0 Å². The molecule has 0 aromatic rings. The predicted molar refractivity (Wildman–Crippen MR) is 38.3 cm³/mol. The van der Waals surface area contributed by atoms with E-state index >= 15 is 0 Å². The van der Waals surface area contributed by atoms with Crippen molar-refractivity contribution in [2.75, 3.05) is 20.1 Å². The Balaban J connectivity index is 2.06. The van der Waals surface area contributed by atoms with Gasteiger partial charge in [0.2, 0.25) is 0 Å². The third kappa shape index (κ3) is 0.586. The highest BCUT2D eigenvalue weighted by Gasteiger charge is 2.60. The van der Waals surface area contributed by atoms with Gasteiger partial charge in [-0.2, -0.15) is 0 Å². The minimum absolute atomic E-state index is 0.701. The molecule has 0 spiro atoms. The Kier molecular flexibility index (Phi) is 0.852. The number of hydrogen-bond donors (Lipinski definition) is 0. The molecule has 1 heterocycles. The Hall–Kier alpha value is -0.0400. The molecule has 2 rings (SSSR count). The molecular weight excluding hydrogens is 110 g/mol. The maximum Gasteiger partial charge on any atom is 0.00153 e. The van der Waals surface area contributed by atoms with Crippen LogP contribution in [0.2, 0.25) is 0 Å². The van der Waals surface area contributed by atoms with Gasteiger partial charge in [-0.1, -0.05) is 13.8 Å². The number of piperidine rings is 1. The zero-order valence-corrected chi connectivity index (χ0v) is 6.52. The van der Waals surface area contributed by atoms with E-state index in [0.717, 1.165) is 11.8 Å². The molecule has 1 aliphatic heterocycles. The van der Waals surface area contributed by atoms with Gasteiger partial charge in [0.1, 0.15) is 0 Å². The van der Waals surface area contributed by atoms with Crippen molar-refractivity contribution < 1.29 is 0 Å². The van der Waals surface area contributed by atoms with Crippen LogP contribution in [-0.2, 0) is 0 Å². The normalized spacial score (nSPS) is 47.0. The summed E-state index contributed by atoms with van der Waals surface area (Å²) in [6.07, 6.45) is 0. The van der Waals surface area contributed by atoms with Crippen molar-refractivity contribution in [1.82, 2.24) is 4.90 Å². The molecule has 1 saturated heterocycles. The summed E-state index contributed by atoms with van der Waals surface area (Å²) in [5, 5.41) is 0. The van der Waals surface area contributed by atoms with E-state index < -0.39 is 0 Å². The second-order valence-electron chi connectivity index (χ2n) is 4.26. The first-order valence-corrected chi connectivity index (χ1v) is 3.81. The van der Waals surface area contributed by atoms with Crippen molar-refractivity contribution in [1.29, 1.82) is 0 Å². The van der Waals surface area contributed by atoms with Gasteiger partial charge in [0.05, 0.1) is 0 Å². The zero-order valence-electron chi connectivity index (χ0n) is 6.52. The predicted octanol–water partition coefficient (Wildman–Crippen LogP) is 1.20. The fraction of sp³-hybridized carbons (Fsp3) is 1.00. The molecule has 0 aromatic heterocycles. The van der Waals surface area contributed by atoms with E-state index in [-0.39, 0.29) is 0 Å². The van der Waals surface area contributed by atoms with Gasteiger partial charge >= 0.3 is 0 Å². The monoisotopic (exact) mass is 125 g/mol. The molecule has 0 radical (unpaired) electrons. The van der Waals surface area contributed by atoms with Crippen LogP contribution in [0.5, 0.6) is 0 Å². The quantitative estimate of drug-likeness (QED) is 0.470. The standard InChI is InChI=1S/C8H15N/c1-8(2)6-4-9(3)5-7(6)8/h6-7H,4-5H2,1-3H3. The fourth-order valence-electron chi connectivity index (χ4n) is 2.33. The highest BCUT2D eigenvalue weighted by atomic mass is 15.2. The molecule has 1 saturated carbocycles. The SMILES string of the molecule is CN1CC2C(C1)C2(C)C. The lowest BCUT2D eigenvalue weighted by Gasteiger charge is -2.15. The van der Waals surface area contributed by atoms with Crippen LogP contribution in [0.3, 0.4) is 0 Å². The van der Waals surface area contributed by atoms with Crippen LogP contribution in [-0.4, -0.2) is 25.0 Å². The molecule has 52 valence electrons. The van der Waals surface area contributed by atoms with Crippen LogP contribution in [0.25, 0.3) is 0 Å². The molecule has 0 aromatic carbocycles. The van der Waals surface area contributed by atoms with Gasteiger partial charge in [-0.05, 0) is 24.3 Å². The lowest BCUT2D eigenvalue weighted by atomic mass is 10.1. The summed E-state index contributed by atoms with van der Waals surface area (Å²) in [6, 6.07) is 0. The average molecular weight is 125 g/mol. The molecule has 9 heavy (non-hydrogen) atoms. The van der Waals surface area contributed by atoms with Crippen LogP contribution in [0.1, 0.15) is 13.8 Å². The highest BCUT2D eigenvalue weighted by molar-refractivity contribution is 5.10. The first-order chi connectivity index (χ1) is 4.12. The van der Waals surface area contributed by atoms with Gasteiger partial charge < -0.3 is 4.90 Å². The number of rotatable bonds is 0. The van der Waals surface area contributed by atoms with Crippen LogP contribution in [0.15, 0.2) is 0 Å². The van der Waals surface area contributed by atoms with Crippen LogP contribution in [0, 0.1) is 17.3 Å². The largest absolute Gasteiger partial charge is 0.306 e. The Bertz CT molecular complexity index is 126. The smallest absolute Gasteiger partial charge is 0.00153 e. The number of nitrogens with zero attached hydrogens (tertiary/aromatic N) is 1. The first kappa shape index (κ1) is 5.72. The molecule has 2 atom stereocenters. The summed E-state index contributed by atoms with van der Waals surface area (Å²) in [4.78, 5) is 2.45. The van der Waals surface area contributed by atoms with E-state index in [4.69, 9.17) is 0 Å². The van der Waals surface area contributed by atoms with E-state index in [1.54, 1.807) is 0 Å². The number of fused-ring (bicyclic) bond motifs is 1. The van der Waals surface area contributed by atoms with E-state index in [9.17, 15) is 0 Å². The Labute approximate surface area is 57.0 Å². The summed E-state index contributed by atoms with van der Waals surface area (Å²) in [5.74, 6) is 2.06. The van der Waals surface area contributed by atoms with E-state index in [0.29, 0.717) is 5.41 Å². The third-order valence-corrected chi connectivity index (χ3v) is 3.30. The number of hydrogen-bond acceptors (Lipinski definition) is 1. The third-order valence-electron chi connectivity index (χ3n) is 3.30. The van der Waals surface area contributed by atoms with Crippen LogP contribution in [0.4, 0.5) is 0 Å². The molecule has 0 amide bonds. The second-order valence-corrected chi connectivity index (χ2v) is 4.26. The molecular formula is C8H15N. The molecule has 1 heteroatoms. The highest BCUT2D eigenvalue weighted by Crippen LogP contribution is 2.61. The molecule has 0 bridgehead atoms. The maximum atomic E-state index is 2.45. The van der Waals surface area contributed by atoms with Crippen molar-refractivity contribution in [3.8, 4) is 0 Å². The van der Waals surface area contributed by atoms with E-state index in [1.165, 1.54) is 13.1 Å². The molecule has 1 aliphatic carbocycles. The van der Waals surface area contributed by atoms with Crippen LogP contribution >= 0.6 is 0 Å². The zero-order chi connectivity index (χ0) is 6.65. The van der Waals surface area contributed by atoms with E-state index in [1.807, 2.05) is 0 Å². The van der Waals surface area contributed by atoms with Crippen molar-refractivity contribution in [2.45, 2.75) is 13.8 Å². The molecule has 0 N–H and O–H groups in total. The Morgan fingerprint density at radius 1 is 1.22 bits per heavy atom. The van der Waals surface area contributed by atoms with Crippen LogP contribution < -0.4 is 0 Å². The molecule has 2 aliphatic rings. The fourth-order valence-corrected chi connectivity index (χ4v) is 2.33. The second kappa shape index (κ2) is 1.34. The molecule has 1 nitrogen and oxygen atoms in total. The van der Waals surface area contributed by atoms with E-state index in [2.05, 4.69) is 25.8 Å². The Morgan fingerprint density at radius 3 is 2.00 bits per heavy atom. The van der Waals surface area contributed by atoms with Gasteiger partial charge in [-0.15, -0.1) is 0 Å². The minimum Gasteiger partial charge on any atom is -0.306 e. The summed E-state index contributed by atoms with van der Waals surface area (Å²) < 4.78 is 0. The lowest BCUT2D eigenvalue weighted by molar-refractivity contribution is 0.306. The minimum atomic E-state index is 0.701. The first-order valence-electron chi connectivity index (χ1n) is 3.81. The van der Waals surface area contributed by atoms with Crippen molar-refractivity contribution in [2.24, 2.45) is 17.3 Å². The van der Waals surface area contributed by atoms with Gasteiger partial charge in [-0.25, -0.2) is 0 Å². The number of likely N-dealkylation sites (tertiary alicyclic amines) is 1.